The predicted octanol–water partition coefficient (Wildman–Crippen LogP) is 3.37. The molecule has 4 nitrogen and oxygen atoms in total. The van der Waals surface area contributed by atoms with E-state index >= 15 is 0 Å². The molecule has 0 radical (unpaired) electrons. The van der Waals surface area contributed by atoms with Crippen LogP contribution in [-0.4, -0.2) is 10.2 Å². The lowest BCUT2D eigenvalue weighted by molar-refractivity contribution is 0.403. The Morgan fingerprint density at radius 3 is 2.57 bits per heavy atom. The fourth-order valence-electron chi connectivity index (χ4n) is 2.08. The molecule has 4 heteroatoms. The van der Waals surface area contributed by atoms with Crippen molar-refractivity contribution in [2.45, 2.75) is 0 Å². The number of aromatic hydroxyl groups is 2. The lowest BCUT2D eigenvalue weighted by Gasteiger charge is -2.01. The van der Waals surface area contributed by atoms with Crippen molar-refractivity contribution in [1.29, 1.82) is 0 Å². The second-order valence-corrected chi connectivity index (χ2v) is 4.60. The van der Waals surface area contributed by atoms with E-state index in [2.05, 4.69) is 0 Å². The number of hydrogen-bond acceptors (Lipinski definition) is 4. The average Bonchev–Trinajstić information content (AvgIpc) is 2.48. The molecule has 0 aliphatic rings. The van der Waals surface area contributed by atoms with Gasteiger partial charge in [-0.25, -0.2) is 4.79 Å². The van der Waals surface area contributed by atoms with E-state index in [-0.39, 0.29) is 11.5 Å². The maximum absolute atomic E-state index is 11.3. The molecule has 3 rings (SSSR count). The summed E-state index contributed by atoms with van der Waals surface area (Å²) in [6.45, 7) is 0. The number of benzene rings is 2. The molecule has 0 saturated carbocycles. The third-order valence-electron chi connectivity index (χ3n) is 3.13. The molecular formula is C17H12O4. The smallest absolute Gasteiger partial charge is 0.336 e. The summed E-state index contributed by atoms with van der Waals surface area (Å²) < 4.78 is 5.23. The van der Waals surface area contributed by atoms with Gasteiger partial charge in [0.05, 0.1) is 0 Å². The molecule has 2 N–H and O–H groups in total. The van der Waals surface area contributed by atoms with Crippen molar-refractivity contribution >= 4 is 23.1 Å². The monoisotopic (exact) mass is 280 g/mol. The summed E-state index contributed by atoms with van der Waals surface area (Å²) in [6, 6.07) is 13.2. The third-order valence-corrected chi connectivity index (χ3v) is 3.13. The zero-order valence-corrected chi connectivity index (χ0v) is 11.0. The van der Waals surface area contributed by atoms with Gasteiger partial charge in [0, 0.05) is 17.0 Å². The van der Waals surface area contributed by atoms with Crippen molar-refractivity contribution in [3.63, 3.8) is 0 Å². The van der Waals surface area contributed by atoms with Crippen LogP contribution in [0.2, 0.25) is 0 Å². The Kier molecular flexibility index (Phi) is 3.20. The largest absolute Gasteiger partial charge is 0.504 e. The van der Waals surface area contributed by atoms with Crippen LogP contribution in [0.1, 0.15) is 11.1 Å². The fourth-order valence-corrected chi connectivity index (χ4v) is 2.08. The molecular weight excluding hydrogens is 268 g/mol. The molecule has 0 bridgehead atoms. The molecule has 104 valence electrons. The molecule has 0 saturated heterocycles. The van der Waals surface area contributed by atoms with Crippen molar-refractivity contribution in [3.8, 4) is 11.5 Å². The van der Waals surface area contributed by atoms with Gasteiger partial charge in [0.2, 0.25) is 0 Å². The lowest BCUT2D eigenvalue weighted by atomic mass is 10.1. The van der Waals surface area contributed by atoms with Gasteiger partial charge < -0.3 is 14.6 Å². The Balaban J connectivity index is 2.04. The Hall–Kier alpha value is -3.01. The van der Waals surface area contributed by atoms with E-state index in [1.807, 2.05) is 18.2 Å². The molecule has 0 amide bonds. The van der Waals surface area contributed by atoms with Crippen LogP contribution in [-0.2, 0) is 0 Å². The van der Waals surface area contributed by atoms with Crippen molar-refractivity contribution < 1.29 is 14.6 Å². The average molecular weight is 280 g/mol. The number of para-hydroxylation sites is 1. The molecule has 1 heterocycles. The van der Waals surface area contributed by atoms with Gasteiger partial charge in [-0.1, -0.05) is 36.4 Å². The van der Waals surface area contributed by atoms with E-state index in [0.29, 0.717) is 5.58 Å². The molecule has 0 fully saturated rings. The highest BCUT2D eigenvalue weighted by molar-refractivity contribution is 5.88. The van der Waals surface area contributed by atoms with E-state index in [4.69, 9.17) is 4.42 Å². The molecule has 3 aromatic rings. The second kappa shape index (κ2) is 5.17. The lowest BCUT2D eigenvalue weighted by Crippen LogP contribution is -1.95. The Labute approximate surface area is 120 Å². The maximum atomic E-state index is 11.3. The molecule has 0 aliphatic heterocycles. The summed E-state index contributed by atoms with van der Waals surface area (Å²) in [5.41, 5.74) is 1.60. The van der Waals surface area contributed by atoms with Crippen LogP contribution in [0, 0.1) is 0 Å². The number of rotatable bonds is 2. The summed E-state index contributed by atoms with van der Waals surface area (Å²) in [5.74, 6) is -0.343. The van der Waals surface area contributed by atoms with Crippen LogP contribution >= 0.6 is 0 Å². The number of fused-ring (bicyclic) bond motifs is 1. The Morgan fingerprint density at radius 2 is 1.76 bits per heavy atom. The zero-order valence-electron chi connectivity index (χ0n) is 11.0. The zero-order chi connectivity index (χ0) is 14.8. The molecule has 0 unspecified atom stereocenters. The van der Waals surface area contributed by atoms with E-state index < -0.39 is 5.63 Å². The molecule has 2 aromatic carbocycles. The van der Waals surface area contributed by atoms with Gasteiger partial charge in [-0.05, 0) is 23.8 Å². The van der Waals surface area contributed by atoms with Crippen LogP contribution in [0.15, 0.2) is 57.7 Å². The second-order valence-electron chi connectivity index (χ2n) is 4.60. The summed E-state index contributed by atoms with van der Waals surface area (Å²) in [4.78, 5) is 11.3. The molecule has 0 aliphatic carbocycles. The third kappa shape index (κ3) is 2.65. The highest BCUT2D eigenvalue weighted by atomic mass is 16.4. The minimum absolute atomic E-state index is 0.164. The van der Waals surface area contributed by atoms with E-state index in [9.17, 15) is 15.0 Å². The number of phenols is 2. The SMILES string of the molecule is O=c1ccc2cccc(/C=C/c3ccc(O)c(O)c3)c2o1. The highest BCUT2D eigenvalue weighted by Gasteiger charge is 2.02. The summed E-state index contributed by atoms with van der Waals surface area (Å²) in [5, 5.41) is 19.6. The van der Waals surface area contributed by atoms with Crippen LogP contribution in [0.5, 0.6) is 11.5 Å². The van der Waals surface area contributed by atoms with Crippen molar-refractivity contribution in [3.05, 3.63) is 70.1 Å². The molecule has 21 heavy (non-hydrogen) atoms. The van der Waals surface area contributed by atoms with Gasteiger partial charge in [0.15, 0.2) is 11.5 Å². The highest BCUT2D eigenvalue weighted by Crippen LogP contribution is 2.26. The minimum atomic E-state index is -0.398. The standard InChI is InChI=1S/C17H12O4/c18-14-8-5-11(10-15(14)19)4-6-12-2-1-3-13-7-9-16(20)21-17(12)13/h1-10,18-19H/b6-4+. The first kappa shape index (κ1) is 13.0. The Bertz CT molecular complexity index is 891. The molecule has 1 aromatic heterocycles. The Morgan fingerprint density at radius 1 is 0.905 bits per heavy atom. The van der Waals surface area contributed by atoms with Gasteiger partial charge in [-0.2, -0.15) is 0 Å². The topological polar surface area (TPSA) is 70.7 Å². The van der Waals surface area contributed by atoms with E-state index in [1.165, 1.54) is 18.2 Å². The summed E-state index contributed by atoms with van der Waals surface area (Å²) in [7, 11) is 0. The van der Waals surface area contributed by atoms with Gasteiger partial charge in [0.25, 0.3) is 0 Å². The van der Waals surface area contributed by atoms with E-state index in [0.717, 1.165) is 16.5 Å². The predicted molar refractivity (Wildman–Crippen MR) is 81.2 cm³/mol. The van der Waals surface area contributed by atoms with Crippen LogP contribution in [0.25, 0.3) is 23.1 Å². The van der Waals surface area contributed by atoms with Crippen LogP contribution in [0.4, 0.5) is 0 Å². The normalized spacial score (nSPS) is 11.2. The maximum Gasteiger partial charge on any atom is 0.336 e. The molecule has 0 spiro atoms. The number of phenolic OH excluding ortho intramolecular Hbond substituents is 2. The molecule has 0 atom stereocenters. The first-order valence-electron chi connectivity index (χ1n) is 6.36. The first-order chi connectivity index (χ1) is 10.1. The number of hydrogen-bond donors (Lipinski definition) is 2. The van der Waals surface area contributed by atoms with Gasteiger partial charge >= 0.3 is 5.63 Å². The summed E-state index contributed by atoms with van der Waals surface area (Å²) in [6.07, 6.45) is 3.55. The first-order valence-corrected chi connectivity index (χ1v) is 6.36. The van der Waals surface area contributed by atoms with Gasteiger partial charge in [-0.3, -0.25) is 0 Å². The fraction of sp³-hybridized carbons (Fsp3) is 0. The van der Waals surface area contributed by atoms with Crippen molar-refractivity contribution in [2.75, 3.05) is 0 Å². The van der Waals surface area contributed by atoms with Crippen LogP contribution < -0.4 is 5.63 Å². The quantitative estimate of drug-likeness (QED) is 0.429. The minimum Gasteiger partial charge on any atom is -0.504 e. The van der Waals surface area contributed by atoms with Crippen LogP contribution in [0.3, 0.4) is 0 Å². The van der Waals surface area contributed by atoms with Gasteiger partial charge in [-0.15, -0.1) is 0 Å². The van der Waals surface area contributed by atoms with Crippen molar-refractivity contribution in [2.24, 2.45) is 0 Å². The van der Waals surface area contributed by atoms with Crippen molar-refractivity contribution in [1.82, 2.24) is 0 Å². The summed E-state index contributed by atoms with van der Waals surface area (Å²) >= 11 is 0. The van der Waals surface area contributed by atoms with Gasteiger partial charge in [0.1, 0.15) is 5.58 Å². The van der Waals surface area contributed by atoms with E-state index in [1.54, 1.807) is 24.3 Å².